The summed E-state index contributed by atoms with van der Waals surface area (Å²) in [5, 5.41) is 1.14. The van der Waals surface area contributed by atoms with Crippen LogP contribution in [0.4, 0.5) is 0 Å². The van der Waals surface area contributed by atoms with Crippen molar-refractivity contribution in [2.45, 2.75) is 43.5 Å². The minimum absolute atomic E-state index is 0.187. The molecule has 0 aromatic heterocycles. The summed E-state index contributed by atoms with van der Waals surface area (Å²) >= 11 is 0. The van der Waals surface area contributed by atoms with Gasteiger partial charge in [-0.1, -0.05) is 54.4 Å². The zero-order chi connectivity index (χ0) is 21.6. The maximum absolute atomic E-state index is 13.1. The second-order valence-corrected chi connectivity index (χ2v) is 11.1. The van der Waals surface area contributed by atoms with Crippen LogP contribution in [0.5, 0.6) is 0 Å². The number of hydrogen-bond acceptors (Lipinski definition) is 4. The summed E-state index contributed by atoms with van der Waals surface area (Å²) < 4.78 is 54.8. The van der Waals surface area contributed by atoms with Gasteiger partial charge < -0.3 is 0 Å². The number of nitrogens with one attached hydrogen (secondary N) is 1. The molecule has 162 valence electrons. The van der Waals surface area contributed by atoms with E-state index in [0.717, 1.165) is 35.8 Å². The Kier molecular flexibility index (Phi) is 7.46. The van der Waals surface area contributed by atoms with Gasteiger partial charge in [-0.05, 0) is 50.0 Å². The van der Waals surface area contributed by atoms with Crippen molar-refractivity contribution in [2.24, 2.45) is 0 Å². The molecule has 0 spiro atoms. The smallest absolute Gasteiger partial charge is 0.212 e. The van der Waals surface area contributed by atoms with E-state index in [4.69, 9.17) is 0 Å². The van der Waals surface area contributed by atoms with Crippen LogP contribution in [-0.4, -0.2) is 40.3 Å². The first kappa shape index (κ1) is 22.7. The van der Waals surface area contributed by atoms with Gasteiger partial charge in [0.05, 0.1) is 4.90 Å². The SMILES string of the molecule is Cc1ccc(S(=O)(=O)N2CCCCC2CCNS(=O)(=O)/C=C/c2ccccc2)cc1. The van der Waals surface area contributed by atoms with Gasteiger partial charge in [0.15, 0.2) is 0 Å². The Morgan fingerprint density at radius 2 is 1.70 bits per heavy atom. The summed E-state index contributed by atoms with van der Waals surface area (Å²) in [5.41, 5.74) is 1.80. The van der Waals surface area contributed by atoms with Crippen LogP contribution >= 0.6 is 0 Å². The third kappa shape index (κ3) is 6.01. The van der Waals surface area contributed by atoms with E-state index in [9.17, 15) is 16.8 Å². The normalized spacial score (nSPS) is 18.6. The topological polar surface area (TPSA) is 83.6 Å². The van der Waals surface area contributed by atoms with Gasteiger partial charge in [0, 0.05) is 24.5 Å². The van der Waals surface area contributed by atoms with Crippen molar-refractivity contribution in [3.05, 3.63) is 71.1 Å². The van der Waals surface area contributed by atoms with Gasteiger partial charge in [-0.2, -0.15) is 4.31 Å². The van der Waals surface area contributed by atoms with Crippen LogP contribution in [0, 0.1) is 6.92 Å². The second-order valence-electron chi connectivity index (χ2n) is 7.52. The van der Waals surface area contributed by atoms with E-state index in [1.54, 1.807) is 24.3 Å². The summed E-state index contributed by atoms with van der Waals surface area (Å²) in [6.07, 6.45) is 4.45. The average Bonchev–Trinajstić information content (AvgIpc) is 2.74. The highest BCUT2D eigenvalue weighted by atomic mass is 32.2. The van der Waals surface area contributed by atoms with Gasteiger partial charge in [0.2, 0.25) is 20.0 Å². The van der Waals surface area contributed by atoms with Crippen LogP contribution in [0.3, 0.4) is 0 Å². The maximum atomic E-state index is 13.1. The number of piperidine rings is 1. The molecule has 1 N–H and O–H groups in total. The first-order valence-corrected chi connectivity index (χ1v) is 13.1. The zero-order valence-corrected chi connectivity index (χ0v) is 18.7. The Labute approximate surface area is 179 Å². The van der Waals surface area contributed by atoms with Crippen LogP contribution < -0.4 is 4.72 Å². The minimum Gasteiger partial charge on any atom is -0.212 e. The van der Waals surface area contributed by atoms with Gasteiger partial charge in [-0.15, -0.1) is 0 Å². The van der Waals surface area contributed by atoms with Gasteiger partial charge in [-0.3, -0.25) is 0 Å². The summed E-state index contributed by atoms with van der Waals surface area (Å²) in [5.74, 6) is 0. The number of sulfonamides is 2. The van der Waals surface area contributed by atoms with E-state index < -0.39 is 20.0 Å². The van der Waals surface area contributed by atoms with Crippen LogP contribution in [0.15, 0.2) is 64.9 Å². The molecule has 1 aliphatic rings. The monoisotopic (exact) mass is 448 g/mol. The Morgan fingerprint density at radius 1 is 1.00 bits per heavy atom. The average molecular weight is 449 g/mol. The van der Waals surface area contributed by atoms with Crippen molar-refractivity contribution in [1.82, 2.24) is 9.03 Å². The molecule has 0 saturated carbocycles. The molecule has 0 aliphatic carbocycles. The van der Waals surface area contributed by atoms with E-state index in [0.29, 0.717) is 13.0 Å². The van der Waals surface area contributed by atoms with Crippen molar-refractivity contribution >= 4 is 26.1 Å². The Balaban J connectivity index is 1.63. The number of nitrogens with zero attached hydrogens (tertiary/aromatic N) is 1. The van der Waals surface area contributed by atoms with Crippen molar-refractivity contribution in [2.75, 3.05) is 13.1 Å². The molecule has 8 heteroatoms. The van der Waals surface area contributed by atoms with Gasteiger partial charge in [0.1, 0.15) is 0 Å². The van der Waals surface area contributed by atoms with Gasteiger partial charge >= 0.3 is 0 Å². The van der Waals surface area contributed by atoms with Crippen molar-refractivity contribution in [1.29, 1.82) is 0 Å². The first-order valence-electron chi connectivity index (χ1n) is 10.1. The lowest BCUT2D eigenvalue weighted by atomic mass is 10.0. The fourth-order valence-electron chi connectivity index (χ4n) is 3.57. The highest BCUT2D eigenvalue weighted by Gasteiger charge is 2.33. The lowest BCUT2D eigenvalue weighted by Gasteiger charge is -2.34. The predicted octanol–water partition coefficient (Wildman–Crippen LogP) is 3.52. The molecular weight excluding hydrogens is 420 g/mol. The summed E-state index contributed by atoms with van der Waals surface area (Å²) in [4.78, 5) is 0.284. The minimum atomic E-state index is -3.60. The molecule has 1 saturated heterocycles. The van der Waals surface area contributed by atoms with Gasteiger partial charge in [0.25, 0.3) is 0 Å². The predicted molar refractivity (Wildman–Crippen MR) is 120 cm³/mol. The molecule has 1 fully saturated rings. The molecule has 30 heavy (non-hydrogen) atoms. The maximum Gasteiger partial charge on any atom is 0.243 e. The molecule has 0 amide bonds. The zero-order valence-electron chi connectivity index (χ0n) is 17.1. The molecule has 1 heterocycles. The number of aryl methyl sites for hydroxylation is 1. The van der Waals surface area contributed by atoms with E-state index in [1.165, 1.54) is 10.4 Å². The van der Waals surface area contributed by atoms with Gasteiger partial charge in [-0.25, -0.2) is 21.6 Å². The lowest BCUT2D eigenvalue weighted by Crippen LogP contribution is -2.45. The number of benzene rings is 2. The molecule has 1 atom stereocenters. The van der Waals surface area contributed by atoms with Crippen molar-refractivity contribution in [3.63, 3.8) is 0 Å². The standard InChI is InChI=1S/C22H28N2O4S2/c1-19-10-12-22(13-11-19)30(27,28)24-17-6-5-9-21(24)14-16-23-29(25,26)18-15-20-7-3-2-4-8-20/h2-4,7-8,10-13,15,18,21,23H,5-6,9,14,16-17H2,1H3/b18-15+. The summed E-state index contributed by atoms with van der Waals surface area (Å²) in [7, 11) is -7.19. The largest absolute Gasteiger partial charge is 0.243 e. The quantitative estimate of drug-likeness (QED) is 0.670. The molecule has 6 nitrogen and oxygen atoms in total. The van der Waals surface area contributed by atoms with Crippen molar-refractivity contribution < 1.29 is 16.8 Å². The van der Waals surface area contributed by atoms with E-state index in [2.05, 4.69) is 4.72 Å². The molecule has 0 bridgehead atoms. The first-order chi connectivity index (χ1) is 14.3. The third-order valence-electron chi connectivity index (χ3n) is 5.22. The molecule has 2 aromatic carbocycles. The van der Waals surface area contributed by atoms with E-state index in [1.807, 2.05) is 37.3 Å². The van der Waals surface area contributed by atoms with Crippen LogP contribution in [0.2, 0.25) is 0 Å². The summed E-state index contributed by atoms with van der Waals surface area (Å²) in [6.45, 7) is 2.56. The van der Waals surface area contributed by atoms with Crippen LogP contribution in [0.1, 0.15) is 36.8 Å². The highest BCUT2D eigenvalue weighted by molar-refractivity contribution is 7.92. The molecule has 2 aromatic rings. The molecule has 1 aliphatic heterocycles. The van der Waals surface area contributed by atoms with Crippen molar-refractivity contribution in [3.8, 4) is 0 Å². The molecule has 1 unspecified atom stereocenters. The molecular formula is C22H28N2O4S2. The van der Waals surface area contributed by atoms with Crippen LogP contribution in [0.25, 0.3) is 6.08 Å². The lowest BCUT2D eigenvalue weighted by molar-refractivity contribution is 0.242. The summed E-state index contributed by atoms with van der Waals surface area (Å²) in [6, 6.07) is 15.8. The second kappa shape index (κ2) is 9.87. The Bertz CT molecular complexity index is 1060. The fourth-order valence-corrected chi connectivity index (χ4v) is 6.13. The highest BCUT2D eigenvalue weighted by Crippen LogP contribution is 2.27. The molecule has 0 radical (unpaired) electrons. The van der Waals surface area contributed by atoms with E-state index >= 15 is 0 Å². The number of rotatable bonds is 8. The third-order valence-corrected chi connectivity index (χ3v) is 8.29. The Morgan fingerprint density at radius 3 is 2.40 bits per heavy atom. The molecule has 3 rings (SSSR count). The van der Waals surface area contributed by atoms with Crippen LogP contribution in [-0.2, 0) is 20.0 Å². The number of hydrogen-bond donors (Lipinski definition) is 1. The fraction of sp³-hybridized carbons (Fsp3) is 0.364. The van der Waals surface area contributed by atoms with E-state index in [-0.39, 0.29) is 17.5 Å². The Hall–Kier alpha value is -2.00.